The summed E-state index contributed by atoms with van der Waals surface area (Å²) >= 11 is 0. The number of hydrogen-bond acceptors (Lipinski definition) is 7. The van der Waals surface area contributed by atoms with Crippen molar-refractivity contribution in [1.82, 2.24) is 15.0 Å². The number of ether oxygens (including phenoxy) is 2. The number of nitrogens with one attached hydrogen (secondary N) is 2. The molecule has 0 bridgehead atoms. The minimum atomic E-state index is -0.349. The molecule has 2 N–H and O–H groups in total. The number of rotatable bonds is 4. The Kier molecular flexibility index (Phi) is 4.36. The number of pyridine rings is 1. The van der Waals surface area contributed by atoms with Crippen molar-refractivity contribution in [1.29, 1.82) is 0 Å². The molecule has 2 aromatic heterocycles. The van der Waals surface area contributed by atoms with Gasteiger partial charge in [0.25, 0.3) is 5.91 Å². The number of para-hydroxylation sites is 1. The van der Waals surface area contributed by atoms with Crippen molar-refractivity contribution in [2.45, 2.75) is 6.92 Å². The quantitative estimate of drug-likeness (QED) is 0.534. The van der Waals surface area contributed by atoms with E-state index in [0.717, 1.165) is 16.6 Å². The Bertz CT molecular complexity index is 1270. The highest BCUT2D eigenvalue weighted by molar-refractivity contribution is 6.03. The van der Waals surface area contributed by atoms with Crippen molar-refractivity contribution in [3.63, 3.8) is 0 Å². The van der Waals surface area contributed by atoms with Gasteiger partial charge in [0.05, 0.1) is 11.2 Å². The summed E-state index contributed by atoms with van der Waals surface area (Å²) in [6, 6.07) is 16.6. The van der Waals surface area contributed by atoms with Gasteiger partial charge in [-0.1, -0.05) is 18.2 Å². The Morgan fingerprint density at radius 1 is 1.00 bits per heavy atom. The van der Waals surface area contributed by atoms with Crippen LogP contribution in [0.1, 0.15) is 16.3 Å². The molecule has 0 atom stereocenters. The van der Waals surface area contributed by atoms with E-state index in [1.165, 1.54) is 0 Å². The smallest absolute Gasteiger partial charge is 0.274 e. The van der Waals surface area contributed by atoms with Gasteiger partial charge in [0.2, 0.25) is 6.79 Å². The number of aromatic nitrogens is 3. The van der Waals surface area contributed by atoms with Crippen molar-refractivity contribution in [3.05, 3.63) is 72.3 Å². The Morgan fingerprint density at radius 3 is 2.80 bits per heavy atom. The molecule has 8 heteroatoms. The maximum absolute atomic E-state index is 12.8. The number of carbonyl (C=O) groups excluding carboxylic acids is 1. The van der Waals surface area contributed by atoms with Crippen LogP contribution in [0.4, 0.5) is 17.2 Å². The molecule has 30 heavy (non-hydrogen) atoms. The van der Waals surface area contributed by atoms with Crippen LogP contribution in [0.25, 0.3) is 10.9 Å². The minimum absolute atomic E-state index is 0.176. The molecule has 1 aliphatic rings. The average Bonchev–Trinajstić information content (AvgIpc) is 3.21. The summed E-state index contributed by atoms with van der Waals surface area (Å²) in [6.07, 6.45) is 1.74. The van der Waals surface area contributed by atoms with E-state index in [0.29, 0.717) is 28.8 Å². The van der Waals surface area contributed by atoms with E-state index in [1.807, 2.05) is 30.3 Å². The van der Waals surface area contributed by atoms with Crippen LogP contribution < -0.4 is 20.1 Å². The molecule has 0 fully saturated rings. The van der Waals surface area contributed by atoms with Crippen LogP contribution in [-0.4, -0.2) is 27.7 Å². The van der Waals surface area contributed by atoms with Crippen molar-refractivity contribution in [2.24, 2.45) is 0 Å². The van der Waals surface area contributed by atoms with Gasteiger partial charge in [0.15, 0.2) is 11.5 Å². The normalized spacial score (nSPS) is 12.0. The van der Waals surface area contributed by atoms with Crippen molar-refractivity contribution in [3.8, 4) is 11.5 Å². The summed E-state index contributed by atoms with van der Waals surface area (Å²) in [5, 5.41) is 7.09. The van der Waals surface area contributed by atoms with Gasteiger partial charge in [0.1, 0.15) is 17.3 Å². The molecular formula is C22H17N5O3. The Labute approximate surface area is 171 Å². The summed E-state index contributed by atoms with van der Waals surface area (Å²) in [5.74, 6) is 1.89. The molecule has 5 rings (SSSR count). The first-order valence-electron chi connectivity index (χ1n) is 9.33. The van der Waals surface area contributed by atoms with Gasteiger partial charge in [-0.2, -0.15) is 0 Å². The molecule has 0 saturated carbocycles. The fraction of sp³-hybridized carbons (Fsp3) is 0.0909. The summed E-state index contributed by atoms with van der Waals surface area (Å²) in [4.78, 5) is 25.9. The van der Waals surface area contributed by atoms with Crippen molar-refractivity contribution < 1.29 is 14.3 Å². The highest BCUT2D eigenvalue weighted by Gasteiger charge is 2.16. The molecule has 2 aromatic carbocycles. The maximum Gasteiger partial charge on any atom is 0.274 e. The van der Waals surface area contributed by atoms with Gasteiger partial charge in [-0.25, -0.2) is 9.97 Å². The number of aryl methyl sites for hydroxylation is 1. The zero-order chi connectivity index (χ0) is 20.5. The molecule has 1 aliphatic heterocycles. The summed E-state index contributed by atoms with van der Waals surface area (Å²) in [6.45, 7) is 1.92. The van der Waals surface area contributed by atoms with Crippen LogP contribution in [0.5, 0.6) is 11.5 Å². The highest BCUT2D eigenvalue weighted by atomic mass is 16.7. The first-order valence-corrected chi connectivity index (χ1v) is 9.33. The van der Waals surface area contributed by atoms with Gasteiger partial charge >= 0.3 is 0 Å². The number of carbonyl (C=O) groups is 1. The lowest BCUT2D eigenvalue weighted by Crippen LogP contribution is -2.15. The topological polar surface area (TPSA) is 98.3 Å². The first kappa shape index (κ1) is 17.9. The Morgan fingerprint density at radius 2 is 1.87 bits per heavy atom. The van der Waals surface area contributed by atoms with Gasteiger partial charge < -0.3 is 20.1 Å². The Hall–Kier alpha value is -4.20. The third kappa shape index (κ3) is 3.46. The van der Waals surface area contributed by atoms with Crippen LogP contribution in [0.3, 0.4) is 0 Å². The van der Waals surface area contributed by atoms with Gasteiger partial charge in [-0.15, -0.1) is 0 Å². The number of benzene rings is 2. The van der Waals surface area contributed by atoms with Crippen LogP contribution >= 0.6 is 0 Å². The predicted molar refractivity (Wildman–Crippen MR) is 112 cm³/mol. The average molecular weight is 399 g/mol. The lowest BCUT2D eigenvalue weighted by atomic mass is 10.2. The molecule has 1 amide bonds. The SMILES string of the molecule is Cc1nc(Nc2cccc3cccnc23)cc(C(=O)Nc2ccc3c(c2)OCO3)n1. The highest BCUT2D eigenvalue weighted by Crippen LogP contribution is 2.34. The number of fused-ring (bicyclic) bond motifs is 2. The molecule has 8 nitrogen and oxygen atoms in total. The summed E-state index contributed by atoms with van der Waals surface area (Å²) in [5.41, 5.74) is 2.46. The Balaban J connectivity index is 1.41. The summed E-state index contributed by atoms with van der Waals surface area (Å²) in [7, 11) is 0. The van der Waals surface area contributed by atoms with E-state index in [4.69, 9.17) is 9.47 Å². The van der Waals surface area contributed by atoms with Gasteiger partial charge in [-0.3, -0.25) is 9.78 Å². The fourth-order valence-corrected chi connectivity index (χ4v) is 3.26. The number of anilines is 3. The molecule has 148 valence electrons. The standard InChI is InChI=1S/C22H17N5O3/c1-13-24-17(22(28)26-15-7-8-18-19(10-15)30-12-29-18)11-20(25-13)27-16-6-2-4-14-5-3-9-23-21(14)16/h2-11H,12H2,1H3,(H,26,28)(H,24,25,27). The first-order chi connectivity index (χ1) is 14.7. The second-order valence-electron chi connectivity index (χ2n) is 6.71. The lowest BCUT2D eigenvalue weighted by molar-refractivity contribution is 0.102. The molecule has 0 saturated heterocycles. The lowest BCUT2D eigenvalue weighted by Gasteiger charge is -2.11. The third-order valence-electron chi connectivity index (χ3n) is 4.60. The molecule has 0 unspecified atom stereocenters. The van der Waals surface area contributed by atoms with Crippen LogP contribution in [0.2, 0.25) is 0 Å². The van der Waals surface area contributed by atoms with Crippen LogP contribution in [-0.2, 0) is 0 Å². The molecule has 3 heterocycles. The number of nitrogens with zero attached hydrogens (tertiary/aromatic N) is 3. The van der Waals surface area contributed by atoms with E-state index >= 15 is 0 Å². The van der Waals surface area contributed by atoms with Gasteiger partial charge in [0, 0.05) is 29.4 Å². The molecular weight excluding hydrogens is 382 g/mol. The summed E-state index contributed by atoms with van der Waals surface area (Å²) < 4.78 is 10.6. The fourth-order valence-electron chi connectivity index (χ4n) is 3.26. The molecule has 0 spiro atoms. The third-order valence-corrected chi connectivity index (χ3v) is 4.60. The molecule has 0 aliphatic carbocycles. The number of hydrogen-bond donors (Lipinski definition) is 2. The zero-order valence-corrected chi connectivity index (χ0v) is 16.0. The second-order valence-corrected chi connectivity index (χ2v) is 6.71. The van der Waals surface area contributed by atoms with Crippen molar-refractivity contribution in [2.75, 3.05) is 17.4 Å². The monoisotopic (exact) mass is 399 g/mol. The second kappa shape index (κ2) is 7.32. The van der Waals surface area contributed by atoms with E-state index in [1.54, 1.807) is 37.4 Å². The van der Waals surface area contributed by atoms with Crippen molar-refractivity contribution >= 4 is 34.0 Å². The zero-order valence-electron chi connectivity index (χ0n) is 16.0. The van der Waals surface area contributed by atoms with Gasteiger partial charge in [-0.05, 0) is 31.2 Å². The van der Waals surface area contributed by atoms with Crippen LogP contribution in [0.15, 0.2) is 60.8 Å². The van der Waals surface area contributed by atoms with E-state index in [2.05, 4.69) is 25.6 Å². The molecule has 0 radical (unpaired) electrons. The largest absolute Gasteiger partial charge is 0.454 e. The van der Waals surface area contributed by atoms with Crippen LogP contribution in [0, 0.1) is 6.92 Å². The van der Waals surface area contributed by atoms with E-state index < -0.39 is 0 Å². The van der Waals surface area contributed by atoms with E-state index in [-0.39, 0.29) is 18.4 Å². The maximum atomic E-state index is 12.8. The molecule has 4 aromatic rings. The number of amides is 1. The minimum Gasteiger partial charge on any atom is -0.454 e. The predicted octanol–water partition coefficient (Wildman–Crippen LogP) is 4.06. The van der Waals surface area contributed by atoms with E-state index in [9.17, 15) is 4.79 Å².